The predicted molar refractivity (Wildman–Crippen MR) is 124 cm³/mol. The Morgan fingerprint density at radius 2 is 1.74 bits per heavy atom. The van der Waals surface area contributed by atoms with E-state index in [0.717, 1.165) is 30.5 Å². The Labute approximate surface area is 195 Å². The summed E-state index contributed by atoms with van der Waals surface area (Å²) in [6.07, 6.45) is 4.39. The fourth-order valence-electron chi connectivity index (χ4n) is 3.97. The molecule has 3 aromatic rings. The number of benzene rings is 2. The first kappa shape index (κ1) is 21.9. The molecule has 8 heteroatoms. The molecule has 2 aromatic carbocycles. The molecule has 0 aliphatic carbocycles. The van der Waals surface area contributed by atoms with Gasteiger partial charge < -0.3 is 10.0 Å². The number of nitrogens with zero attached hydrogens (tertiary/aromatic N) is 3. The average Bonchev–Trinajstić information content (AvgIpc) is 3.21. The molecule has 1 saturated heterocycles. The summed E-state index contributed by atoms with van der Waals surface area (Å²) in [5.41, 5.74) is 2.67. The lowest BCUT2D eigenvalue weighted by Crippen LogP contribution is -2.25. The lowest BCUT2D eigenvalue weighted by molar-refractivity contribution is 0.0694. The van der Waals surface area contributed by atoms with Crippen molar-refractivity contribution in [1.82, 2.24) is 9.97 Å². The van der Waals surface area contributed by atoms with Crippen molar-refractivity contribution >= 4 is 46.7 Å². The van der Waals surface area contributed by atoms with Crippen LogP contribution in [0.25, 0.3) is 0 Å². The van der Waals surface area contributed by atoms with Crippen LogP contribution in [0.3, 0.4) is 0 Å². The summed E-state index contributed by atoms with van der Waals surface area (Å²) in [5.74, 6) is -0.497. The zero-order valence-corrected chi connectivity index (χ0v) is 18.8. The van der Waals surface area contributed by atoms with Gasteiger partial charge in [0.15, 0.2) is 0 Å². The molecule has 1 aromatic heterocycles. The Kier molecular flexibility index (Phi) is 6.65. The molecular weight excluding hydrogens is 457 g/mol. The number of halogens is 3. The summed E-state index contributed by atoms with van der Waals surface area (Å²) in [6.45, 7) is 0.809. The van der Waals surface area contributed by atoms with Gasteiger partial charge in [0.05, 0.1) is 17.3 Å². The van der Waals surface area contributed by atoms with Crippen LogP contribution in [0.2, 0.25) is 15.1 Å². The molecule has 31 heavy (non-hydrogen) atoms. The van der Waals surface area contributed by atoms with Crippen LogP contribution in [0.4, 0.5) is 5.95 Å². The van der Waals surface area contributed by atoms with E-state index >= 15 is 0 Å². The fourth-order valence-corrected chi connectivity index (χ4v) is 4.67. The van der Waals surface area contributed by atoms with Crippen molar-refractivity contribution < 1.29 is 9.90 Å². The molecule has 1 aliphatic heterocycles. The standard InChI is InChI=1S/C23H20Cl3N3O2/c24-16-6-4-15(5-7-16)21-2-1-9-29(21)23-27-13-19(22(30)31)20(28-23)8-3-14-10-17(25)12-18(26)11-14/h4-7,10-13,21H,1-3,8-9H2,(H,30,31). The van der Waals surface area contributed by atoms with Crippen molar-refractivity contribution in [2.24, 2.45) is 0 Å². The molecule has 1 atom stereocenters. The van der Waals surface area contributed by atoms with E-state index in [4.69, 9.17) is 34.8 Å². The molecule has 1 fully saturated rings. The van der Waals surface area contributed by atoms with Gasteiger partial charge in [-0.1, -0.05) is 46.9 Å². The number of carboxylic acids is 1. The predicted octanol–water partition coefficient (Wildman–Crippen LogP) is 6.26. The van der Waals surface area contributed by atoms with Crippen LogP contribution in [-0.2, 0) is 12.8 Å². The van der Waals surface area contributed by atoms with Gasteiger partial charge in [0, 0.05) is 27.8 Å². The van der Waals surface area contributed by atoms with Crippen molar-refractivity contribution in [1.29, 1.82) is 0 Å². The SMILES string of the molecule is O=C(O)c1cnc(N2CCCC2c2ccc(Cl)cc2)nc1CCc1cc(Cl)cc(Cl)c1. The van der Waals surface area contributed by atoms with E-state index in [2.05, 4.69) is 14.9 Å². The van der Waals surface area contributed by atoms with Gasteiger partial charge in [-0.2, -0.15) is 0 Å². The average molecular weight is 477 g/mol. The third-order valence-electron chi connectivity index (χ3n) is 5.42. The maximum atomic E-state index is 11.7. The van der Waals surface area contributed by atoms with E-state index < -0.39 is 5.97 Å². The van der Waals surface area contributed by atoms with E-state index in [0.29, 0.717) is 39.6 Å². The number of aromatic nitrogens is 2. The maximum Gasteiger partial charge on any atom is 0.339 e. The number of carboxylic acid groups (broad SMARTS) is 1. The third kappa shape index (κ3) is 5.12. The van der Waals surface area contributed by atoms with E-state index in [1.165, 1.54) is 6.20 Å². The van der Waals surface area contributed by atoms with E-state index in [9.17, 15) is 9.90 Å². The van der Waals surface area contributed by atoms with Crippen molar-refractivity contribution in [3.8, 4) is 0 Å². The molecule has 2 heterocycles. The van der Waals surface area contributed by atoms with Crippen molar-refractivity contribution in [2.75, 3.05) is 11.4 Å². The number of aryl methyl sites for hydroxylation is 2. The lowest BCUT2D eigenvalue weighted by Gasteiger charge is -2.25. The molecule has 0 bridgehead atoms. The van der Waals surface area contributed by atoms with Gasteiger partial charge in [-0.05, 0) is 67.1 Å². The second kappa shape index (κ2) is 9.43. The summed E-state index contributed by atoms with van der Waals surface area (Å²) in [5, 5.41) is 11.4. The molecule has 4 rings (SSSR count). The first-order valence-corrected chi connectivity index (χ1v) is 11.1. The smallest absolute Gasteiger partial charge is 0.339 e. The van der Waals surface area contributed by atoms with E-state index in [1.54, 1.807) is 6.07 Å². The number of hydrogen-bond donors (Lipinski definition) is 1. The van der Waals surface area contributed by atoms with Crippen molar-refractivity contribution in [3.05, 3.63) is 86.1 Å². The maximum absolute atomic E-state index is 11.7. The summed E-state index contributed by atoms with van der Waals surface area (Å²) in [7, 11) is 0. The summed E-state index contributed by atoms with van der Waals surface area (Å²) in [4.78, 5) is 22.9. The minimum atomic E-state index is -1.04. The minimum absolute atomic E-state index is 0.110. The topological polar surface area (TPSA) is 66.3 Å². The summed E-state index contributed by atoms with van der Waals surface area (Å²) < 4.78 is 0. The minimum Gasteiger partial charge on any atom is -0.478 e. The molecule has 1 N–H and O–H groups in total. The highest BCUT2D eigenvalue weighted by atomic mass is 35.5. The highest BCUT2D eigenvalue weighted by Crippen LogP contribution is 2.35. The molecule has 1 aliphatic rings. The van der Waals surface area contributed by atoms with Crippen molar-refractivity contribution in [3.63, 3.8) is 0 Å². The number of aromatic carboxylic acids is 1. The summed E-state index contributed by atoms with van der Waals surface area (Å²) in [6, 6.07) is 13.2. The Morgan fingerprint density at radius 3 is 2.42 bits per heavy atom. The van der Waals surface area contributed by atoms with Crippen LogP contribution in [0.1, 0.15) is 46.1 Å². The lowest BCUT2D eigenvalue weighted by atomic mass is 10.0. The highest BCUT2D eigenvalue weighted by molar-refractivity contribution is 6.34. The van der Waals surface area contributed by atoms with Crippen LogP contribution in [0.15, 0.2) is 48.7 Å². The van der Waals surface area contributed by atoms with Crippen LogP contribution in [0, 0.1) is 0 Å². The monoisotopic (exact) mass is 475 g/mol. The van der Waals surface area contributed by atoms with Gasteiger partial charge >= 0.3 is 5.97 Å². The van der Waals surface area contributed by atoms with Crippen molar-refractivity contribution in [2.45, 2.75) is 31.7 Å². The van der Waals surface area contributed by atoms with E-state index in [1.807, 2.05) is 36.4 Å². The zero-order chi connectivity index (χ0) is 22.0. The van der Waals surface area contributed by atoms with Crippen LogP contribution >= 0.6 is 34.8 Å². The first-order valence-electron chi connectivity index (χ1n) is 9.97. The van der Waals surface area contributed by atoms with Crippen LogP contribution in [0.5, 0.6) is 0 Å². The number of anilines is 1. The van der Waals surface area contributed by atoms with Crippen LogP contribution < -0.4 is 4.90 Å². The molecule has 0 radical (unpaired) electrons. The zero-order valence-electron chi connectivity index (χ0n) is 16.6. The Morgan fingerprint density at radius 1 is 1.03 bits per heavy atom. The molecule has 0 amide bonds. The van der Waals surface area contributed by atoms with E-state index in [-0.39, 0.29) is 11.6 Å². The Hall–Kier alpha value is -2.34. The third-order valence-corrected chi connectivity index (χ3v) is 6.11. The highest BCUT2D eigenvalue weighted by Gasteiger charge is 2.29. The second-order valence-electron chi connectivity index (χ2n) is 7.52. The molecule has 0 saturated carbocycles. The molecule has 0 spiro atoms. The largest absolute Gasteiger partial charge is 0.478 e. The van der Waals surface area contributed by atoms with Gasteiger partial charge in [-0.3, -0.25) is 0 Å². The molecule has 5 nitrogen and oxygen atoms in total. The number of hydrogen-bond acceptors (Lipinski definition) is 4. The first-order chi connectivity index (χ1) is 14.9. The second-order valence-corrected chi connectivity index (χ2v) is 8.83. The van der Waals surface area contributed by atoms with Gasteiger partial charge in [0.1, 0.15) is 0 Å². The molecule has 1 unspecified atom stereocenters. The van der Waals surface area contributed by atoms with Gasteiger partial charge in [0.25, 0.3) is 0 Å². The normalized spacial score (nSPS) is 16.0. The fraction of sp³-hybridized carbons (Fsp3) is 0.261. The van der Waals surface area contributed by atoms with Crippen LogP contribution in [-0.4, -0.2) is 27.6 Å². The Bertz CT molecular complexity index is 1090. The van der Waals surface area contributed by atoms with Gasteiger partial charge in [0.2, 0.25) is 5.95 Å². The molecular formula is C23H20Cl3N3O2. The van der Waals surface area contributed by atoms with Gasteiger partial charge in [-0.25, -0.2) is 14.8 Å². The molecule has 160 valence electrons. The van der Waals surface area contributed by atoms with Gasteiger partial charge in [-0.15, -0.1) is 0 Å². The number of rotatable bonds is 6. The summed E-state index contributed by atoms with van der Waals surface area (Å²) >= 11 is 18.2. The quantitative estimate of drug-likeness (QED) is 0.455. The number of carbonyl (C=O) groups is 1. The Balaban J connectivity index is 1.61.